The van der Waals surface area contributed by atoms with E-state index >= 15 is 0 Å². The Labute approximate surface area is 110 Å². The van der Waals surface area contributed by atoms with Crippen LogP contribution in [0.3, 0.4) is 0 Å². The van der Waals surface area contributed by atoms with Gasteiger partial charge in [-0.25, -0.2) is 4.98 Å². The highest BCUT2D eigenvalue weighted by atomic mass is 79.9. The summed E-state index contributed by atoms with van der Waals surface area (Å²) in [7, 11) is 0. The standard InChI is InChI=1S/C9H4BrF6NO2/c10-2-5-4(8(11,12)13)1-7(6(3-18)17-5)19-9(14,15)16/h1,3H,2H2. The van der Waals surface area contributed by atoms with Crippen LogP contribution < -0.4 is 4.74 Å². The number of rotatable bonds is 3. The number of carbonyl (C=O) groups excluding carboxylic acids is 1. The fourth-order valence-electron chi connectivity index (χ4n) is 1.19. The third-order valence-corrected chi connectivity index (χ3v) is 2.39. The molecule has 3 nitrogen and oxygen atoms in total. The monoisotopic (exact) mass is 351 g/mol. The lowest BCUT2D eigenvalue weighted by Gasteiger charge is -2.15. The Bertz CT molecular complexity index is 485. The van der Waals surface area contributed by atoms with Gasteiger partial charge in [-0.2, -0.15) is 13.2 Å². The molecule has 0 amide bonds. The van der Waals surface area contributed by atoms with E-state index in [1.54, 1.807) is 0 Å². The second kappa shape index (κ2) is 5.35. The summed E-state index contributed by atoms with van der Waals surface area (Å²) in [6, 6.07) is 0.0980. The van der Waals surface area contributed by atoms with Gasteiger partial charge >= 0.3 is 12.5 Å². The molecule has 1 heterocycles. The number of hydrogen-bond donors (Lipinski definition) is 0. The van der Waals surface area contributed by atoms with E-state index in [0.29, 0.717) is 0 Å². The van der Waals surface area contributed by atoms with Crippen LogP contribution in [0.1, 0.15) is 21.7 Å². The lowest BCUT2D eigenvalue weighted by Crippen LogP contribution is -2.20. The maximum Gasteiger partial charge on any atom is 0.573 e. The van der Waals surface area contributed by atoms with Gasteiger partial charge in [0.1, 0.15) is 5.69 Å². The van der Waals surface area contributed by atoms with Crippen molar-refractivity contribution in [2.75, 3.05) is 0 Å². The van der Waals surface area contributed by atoms with E-state index in [2.05, 4.69) is 25.7 Å². The lowest BCUT2D eigenvalue weighted by atomic mass is 10.1. The summed E-state index contributed by atoms with van der Waals surface area (Å²) in [6.07, 6.45) is -10.3. The van der Waals surface area contributed by atoms with Crippen molar-refractivity contribution in [1.29, 1.82) is 0 Å². The molecule has 1 rings (SSSR count). The SMILES string of the molecule is O=Cc1nc(CBr)c(C(F)(F)F)cc1OC(F)(F)F. The molecule has 19 heavy (non-hydrogen) atoms. The minimum atomic E-state index is -5.22. The topological polar surface area (TPSA) is 39.2 Å². The third-order valence-electron chi connectivity index (χ3n) is 1.86. The molecule has 0 unspecified atom stereocenters. The van der Waals surface area contributed by atoms with E-state index in [4.69, 9.17) is 0 Å². The Kier molecular flexibility index (Phi) is 4.43. The Morgan fingerprint density at radius 1 is 1.26 bits per heavy atom. The molecule has 0 radical (unpaired) electrons. The average molecular weight is 352 g/mol. The third kappa shape index (κ3) is 4.08. The smallest absolute Gasteiger partial charge is 0.403 e. The van der Waals surface area contributed by atoms with Crippen molar-refractivity contribution in [1.82, 2.24) is 4.98 Å². The van der Waals surface area contributed by atoms with Crippen molar-refractivity contribution in [3.8, 4) is 5.75 Å². The minimum Gasteiger partial charge on any atom is -0.403 e. The molecule has 0 aliphatic heterocycles. The van der Waals surface area contributed by atoms with Gasteiger partial charge in [0.2, 0.25) is 0 Å². The van der Waals surface area contributed by atoms with E-state index in [9.17, 15) is 31.1 Å². The fraction of sp³-hybridized carbons (Fsp3) is 0.333. The van der Waals surface area contributed by atoms with Crippen LogP contribution in [0.25, 0.3) is 0 Å². The molecule has 0 aliphatic carbocycles. The second-order valence-electron chi connectivity index (χ2n) is 3.16. The van der Waals surface area contributed by atoms with Crippen LogP contribution >= 0.6 is 15.9 Å². The van der Waals surface area contributed by atoms with Crippen LogP contribution in [-0.4, -0.2) is 17.6 Å². The van der Waals surface area contributed by atoms with Gasteiger partial charge < -0.3 is 4.74 Å². The first kappa shape index (κ1) is 15.7. The number of carbonyl (C=O) groups is 1. The van der Waals surface area contributed by atoms with Gasteiger partial charge in [0, 0.05) is 5.33 Å². The van der Waals surface area contributed by atoms with E-state index in [0.717, 1.165) is 0 Å². The Morgan fingerprint density at radius 2 is 1.84 bits per heavy atom. The van der Waals surface area contributed by atoms with Crippen molar-refractivity contribution < 1.29 is 35.9 Å². The molecule has 0 aromatic carbocycles. The first-order valence-electron chi connectivity index (χ1n) is 4.46. The zero-order valence-corrected chi connectivity index (χ0v) is 10.4. The quantitative estimate of drug-likeness (QED) is 0.473. The number of alkyl halides is 7. The predicted octanol–water partition coefficient (Wildman–Crippen LogP) is 3.71. The number of nitrogens with zero attached hydrogens (tertiary/aromatic N) is 1. The molecule has 1 aromatic heterocycles. The molecule has 0 atom stereocenters. The molecule has 0 bridgehead atoms. The largest absolute Gasteiger partial charge is 0.573 e. The van der Waals surface area contributed by atoms with Crippen molar-refractivity contribution in [3.05, 3.63) is 23.0 Å². The van der Waals surface area contributed by atoms with Gasteiger partial charge in [-0.1, -0.05) is 15.9 Å². The molecular weight excluding hydrogens is 348 g/mol. The van der Waals surface area contributed by atoms with Crippen LogP contribution in [0.5, 0.6) is 5.75 Å². The second-order valence-corrected chi connectivity index (χ2v) is 3.72. The van der Waals surface area contributed by atoms with Crippen molar-refractivity contribution in [3.63, 3.8) is 0 Å². The molecule has 0 spiro atoms. The van der Waals surface area contributed by atoms with Gasteiger partial charge in [0.05, 0.1) is 11.3 Å². The van der Waals surface area contributed by atoms with Crippen LogP contribution in [0.15, 0.2) is 6.07 Å². The minimum absolute atomic E-state index is 0.0980. The Hall–Kier alpha value is -1.32. The molecule has 1 aromatic rings. The summed E-state index contributed by atoms with van der Waals surface area (Å²) in [6.45, 7) is 0. The van der Waals surface area contributed by atoms with Gasteiger partial charge in [-0.15, -0.1) is 13.2 Å². The number of pyridine rings is 1. The van der Waals surface area contributed by atoms with Gasteiger partial charge in [-0.05, 0) is 6.07 Å². The number of aldehydes is 1. The Morgan fingerprint density at radius 3 is 2.21 bits per heavy atom. The van der Waals surface area contributed by atoms with E-state index in [-0.39, 0.29) is 17.7 Å². The summed E-state index contributed by atoms with van der Waals surface area (Å²) in [5, 5.41) is -0.380. The number of halogens is 7. The van der Waals surface area contributed by atoms with Gasteiger partial charge in [0.25, 0.3) is 0 Å². The van der Waals surface area contributed by atoms with Crippen molar-refractivity contribution >= 4 is 22.2 Å². The average Bonchev–Trinajstić information content (AvgIpc) is 2.25. The van der Waals surface area contributed by atoms with Crippen LogP contribution in [0.2, 0.25) is 0 Å². The fourth-order valence-corrected chi connectivity index (χ4v) is 1.61. The molecule has 0 saturated heterocycles. The highest BCUT2D eigenvalue weighted by Crippen LogP contribution is 2.36. The Balaban J connectivity index is 3.42. The molecule has 0 fully saturated rings. The van der Waals surface area contributed by atoms with Crippen LogP contribution in [0.4, 0.5) is 26.3 Å². The number of hydrogen-bond acceptors (Lipinski definition) is 3. The van der Waals surface area contributed by atoms with E-state index in [1.807, 2.05) is 0 Å². The van der Waals surface area contributed by atoms with Crippen LogP contribution in [-0.2, 0) is 11.5 Å². The van der Waals surface area contributed by atoms with Crippen molar-refractivity contribution in [2.24, 2.45) is 0 Å². The molecule has 0 aliphatic rings. The molecule has 0 N–H and O–H groups in total. The highest BCUT2D eigenvalue weighted by molar-refractivity contribution is 9.08. The van der Waals surface area contributed by atoms with Crippen molar-refractivity contribution in [2.45, 2.75) is 17.9 Å². The highest BCUT2D eigenvalue weighted by Gasteiger charge is 2.38. The summed E-state index contributed by atoms with van der Waals surface area (Å²) in [4.78, 5) is 13.7. The molecular formula is C9H4BrF6NO2. The molecule has 106 valence electrons. The predicted molar refractivity (Wildman–Crippen MR) is 53.9 cm³/mol. The van der Waals surface area contributed by atoms with Crippen LogP contribution in [0, 0.1) is 0 Å². The van der Waals surface area contributed by atoms with Gasteiger partial charge in [0.15, 0.2) is 12.0 Å². The number of ether oxygens (including phenoxy) is 1. The van der Waals surface area contributed by atoms with E-state index in [1.165, 1.54) is 0 Å². The zero-order chi connectivity index (χ0) is 14.8. The summed E-state index contributed by atoms with van der Waals surface area (Å²) in [5.74, 6) is -1.29. The summed E-state index contributed by atoms with van der Waals surface area (Å²) < 4.78 is 77.2. The van der Waals surface area contributed by atoms with Gasteiger partial charge in [-0.3, -0.25) is 4.79 Å². The summed E-state index contributed by atoms with van der Waals surface area (Å²) >= 11 is 2.71. The maximum absolute atomic E-state index is 12.6. The van der Waals surface area contributed by atoms with E-state index < -0.39 is 35.2 Å². The molecule has 10 heteroatoms. The number of aromatic nitrogens is 1. The maximum atomic E-state index is 12.6. The summed E-state index contributed by atoms with van der Waals surface area (Å²) in [5.41, 5.74) is -2.88. The first-order chi connectivity index (χ1) is 8.58. The first-order valence-corrected chi connectivity index (χ1v) is 5.58. The normalized spacial score (nSPS) is 12.4. The zero-order valence-electron chi connectivity index (χ0n) is 8.77. The molecule has 0 saturated carbocycles. The lowest BCUT2D eigenvalue weighted by molar-refractivity contribution is -0.275.